The molecule has 3 aromatic rings. The highest BCUT2D eigenvalue weighted by molar-refractivity contribution is 5.94. The van der Waals surface area contributed by atoms with Gasteiger partial charge in [-0.3, -0.25) is 4.79 Å². The Morgan fingerprint density at radius 2 is 1.95 bits per heavy atom. The first-order valence-corrected chi connectivity index (χ1v) is 13.5. The maximum Gasteiger partial charge on any atom is 0.254 e. The molecule has 1 aliphatic heterocycles. The number of halogens is 1. The number of hydrogen-bond donors (Lipinski definition) is 2. The minimum absolute atomic E-state index is 0.0297. The van der Waals surface area contributed by atoms with E-state index in [1.165, 1.54) is 12.1 Å². The van der Waals surface area contributed by atoms with Gasteiger partial charge in [0, 0.05) is 31.5 Å². The first-order chi connectivity index (χ1) is 18.5. The van der Waals surface area contributed by atoms with Crippen LogP contribution in [-0.4, -0.2) is 52.8 Å². The van der Waals surface area contributed by atoms with E-state index in [2.05, 4.69) is 20.2 Å². The lowest BCUT2D eigenvalue weighted by atomic mass is 9.92. The molecule has 2 aliphatic rings. The van der Waals surface area contributed by atoms with Crippen LogP contribution in [0.25, 0.3) is 11.3 Å². The summed E-state index contributed by atoms with van der Waals surface area (Å²) >= 11 is 0. The number of nitrogens with zero attached hydrogens (tertiary/aromatic N) is 3. The fourth-order valence-electron chi connectivity index (χ4n) is 5.31. The SMILES string of the molecule is Cc1ccc(-c2cnc(N3CCC(CCCOc4ccc(C(=O)N[C@@H]5CCC[C@@H]5O)c(F)c4)CC3)nc2)o1. The first-order valence-electron chi connectivity index (χ1n) is 13.5. The molecule has 38 heavy (non-hydrogen) atoms. The lowest BCUT2D eigenvalue weighted by Gasteiger charge is -2.32. The number of aliphatic hydroxyl groups excluding tert-OH is 1. The number of piperidine rings is 1. The van der Waals surface area contributed by atoms with Gasteiger partial charge < -0.3 is 24.5 Å². The van der Waals surface area contributed by atoms with E-state index in [9.17, 15) is 14.3 Å². The lowest BCUT2D eigenvalue weighted by Crippen LogP contribution is -2.40. The number of hydrogen-bond acceptors (Lipinski definition) is 7. The van der Waals surface area contributed by atoms with Crippen molar-refractivity contribution in [1.29, 1.82) is 0 Å². The molecule has 1 saturated carbocycles. The van der Waals surface area contributed by atoms with Gasteiger partial charge in [0.2, 0.25) is 5.95 Å². The number of aromatic nitrogens is 2. The maximum atomic E-state index is 14.5. The maximum absolute atomic E-state index is 14.5. The van der Waals surface area contributed by atoms with Gasteiger partial charge in [-0.25, -0.2) is 14.4 Å². The summed E-state index contributed by atoms with van der Waals surface area (Å²) in [6, 6.07) is 7.88. The van der Waals surface area contributed by atoms with Crippen LogP contribution in [0.5, 0.6) is 5.75 Å². The van der Waals surface area contributed by atoms with Gasteiger partial charge in [0.1, 0.15) is 23.1 Å². The monoisotopic (exact) mass is 522 g/mol. The van der Waals surface area contributed by atoms with Crippen LogP contribution in [0.3, 0.4) is 0 Å². The zero-order valence-corrected chi connectivity index (χ0v) is 21.7. The van der Waals surface area contributed by atoms with Gasteiger partial charge >= 0.3 is 0 Å². The highest BCUT2D eigenvalue weighted by atomic mass is 19.1. The summed E-state index contributed by atoms with van der Waals surface area (Å²) in [5, 5.41) is 12.6. The second-order valence-electron chi connectivity index (χ2n) is 10.3. The minimum Gasteiger partial charge on any atom is -0.493 e. The number of anilines is 1. The van der Waals surface area contributed by atoms with Gasteiger partial charge in [-0.05, 0) is 82.1 Å². The molecule has 9 heteroatoms. The third-order valence-corrected chi connectivity index (χ3v) is 7.57. The Morgan fingerprint density at radius 3 is 2.61 bits per heavy atom. The number of aryl methyl sites for hydroxylation is 1. The smallest absolute Gasteiger partial charge is 0.254 e. The van der Waals surface area contributed by atoms with Crippen LogP contribution in [0, 0.1) is 18.7 Å². The Labute approximate surface area is 222 Å². The molecule has 1 aromatic carbocycles. The summed E-state index contributed by atoms with van der Waals surface area (Å²) in [4.78, 5) is 23.7. The van der Waals surface area contributed by atoms with Crippen molar-refractivity contribution in [1.82, 2.24) is 15.3 Å². The van der Waals surface area contributed by atoms with Gasteiger partial charge in [-0.2, -0.15) is 0 Å². The second-order valence-corrected chi connectivity index (χ2v) is 10.3. The van der Waals surface area contributed by atoms with Gasteiger partial charge in [0.15, 0.2) is 0 Å². The zero-order chi connectivity index (χ0) is 26.5. The number of nitrogens with one attached hydrogen (secondary N) is 1. The average molecular weight is 523 g/mol. The number of aliphatic hydroxyl groups is 1. The summed E-state index contributed by atoms with van der Waals surface area (Å²) in [5.41, 5.74) is 0.844. The highest BCUT2D eigenvalue weighted by Crippen LogP contribution is 2.26. The minimum atomic E-state index is -0.616. The fourth-order valence-corrected chi connectivity index (χ4v) is 5.31. The molecular formula is C29H35FN4O4. The summed E-state index contributed by atoms with van der Waals surface area (Å²) in [6.45, 7) is 4.24. The van der Waals surface area contributed by atoms with Crippen LogP contribution in [0.2, 0.25) is 0 Å². The van der Waals surface area contributed by atoms with E-state index < -0.39 is 17.8 Å². The molecule has 202 valence electrons. The van der Waals surface area contributed by atoms with Crippen molar-refractivity contribution in [3.8, 4) is 17.1 Å². The molecule has 0 spiro atoms. The summed E-state index contributed by atoms with van der Waals surface area (Å²) in [6.07, 6.45) is 9.34. The molecule has 3 heterocycles. The molecule has 1 amide bonds. The molecular weight excluding hydrogens is 487 g/mol. The number of rotatable bonds is 9. The number of benzene rings is 1. The van der Waals surface area contributed by atoms with Crippen LogP contribution in [0.4, 0.5) is 10.3 Å². The third-order valence-electron chi connectivity index (χ3n) is 7.57. The van der Waals surface area contributed by atoms with Crippen LogP contribution < -0.4 is 15.0 Å². The molecule has 5 rings (SSSR count). The number of carbonyl (C=O) groups is 1. The van der Waals surface area contributed by atoms with Crippen molar-refractivity contribution in [3.05, 3.63) is 59.9 Å². The zero-order valence-electron chi connectivity index (χ0n) is 21.7. The molecule has 2 fully saturated rings. The van der Waals surface area contributed by atoms with Gasteiger partial charge in [-0.15, -0.1) is 0 Å². The Bertz CT molecular complexity index is 1220. The lowest BCUT2D eigenvalue weighted by molar-refractivity contribution is 0.0869. The fraction of sp³-hybridized carbons (Fsp3) is 0.483. The van der Waals surface area contributed by atoms with Crippen molar-refractivity contribution in [3.63, 3.8) is 0 Å². The summed E-state index contributed by atoms with van der Waals surface area (Å²) in [7, 11) is 0. The second kappa shape index (κ2) is 11.9. The van der Waals surface area contributed by atoms with Gasteiger partial charge in [0.25, 0.3) is 5.91 Å². The Morgan fingerprint density at radius 1 is 1.16 bits per heavy atom. The standard InChI is InChI=1S/C29H35FN4O4/c1-19-7-10-27(38-19)21-17-31-29(32-18-21)34-13-11-20(12-14-34)4-3-15-37-22-8-9-23(24(30)16-22)28(36)33-25-5-2-6-26(25)35/h7-10,16-18,20,25-26,35H,2-6,11-15H2,1H3,(H,33,36)/t25-,26+/m1/s1. The molecule has 0 radical (unpaired) electrons. The molecule has 8 nitrogen and oxygen atoms in total. The highest BCUT2D eigenvalue weighted by Gasteiger charge is 2.27. The van der Waals surface area contributed by atoms with E-state index in [-0.39, 0.29) is 11.6 Å². The number of furan rings is 1. The van der Waals surface area contributed by atoms with E-state index >= 15 is 0 Å². The van der Waals surface area contributed by atoms with E-state index in [0.717, 1.165) is 68.2 Å². The molecule has 2 atom stereocenters. The Kier molecular flexibility index (Phi) is 8.22. The Balaban J connectivity index is 1.02. The molecule has 0 unspecified atom stereocenters. The molecule has 0 bridgehead atoms. The van der Waals surface area contributed by atoms with Crippen molar-refractivity contribution < 1.29 is 23.4 Å². The molecule has 2 N–H and O–H groups in total. The predicted molar refractivity (Wildman–Crippen MR) is 142 cm³/mol. The number of carbonyl (C=O) groups excluding carboxylic acids is 1. The van der Waals surface area contributed by atoms with Crippen LogP contribution in [-0.2, 0) is 0 Å². The van der Waals surface area contributed by atoms with Crippen molar-refractivity contribution in [2.75, 3.05) is 24.6 Å². The van der Waals surface area contributed by atoms with Gasteiger partial charge in [-0.1, -0.05) is 0 Å². The van der Waals surface area contributed by atoms with Crippen molar-refractivity contribution in [2.45, 2.75) is 64.0 Å². The van der Waals surface area contributed by atoms with E-state index in [1.54, 1.807) is 6.07 Å². The van der Waals surface area contributed by atoms with Crippen LogP contribution >= 0.6 is 0 Å². The van der Waals surface area contributed by atoms with E-state index in [1.807, 2.05) is 31.5 Å². The first kappa shape index (κ1) is 26.2. The predicted octanol–water partition coefficient (Wildman–Crippen LogP) is 4.90. The van der Waals surface area contributed by atoms with Crippen molar-refractivity contribution >= 4 is 11.9 Å². The van der Waals surface area contributed by atoms with Crippen LogP contribution in [0.1, 0.15) is 61.1 Å². The normalized spacial score (nSPS) is 20.0. The van der Waals surface area contributed by atoms with E-state index in [4.69, 9.17) is 9.15 Å². The molecule has 1 saturated heterocycles. The molecule has 1 aliphatic carbocycles. The van der Waals surface area contributed by atoms with Crippen molar-refractivity contribution in [2.24, 2.45) is 5.92 Å². The number of ether oxygens (including phenoxy) is 1. The topological polar surface area (TPSA) is 101 Å². The average Bonchev–Trinajstić information content (AvgIpc) is 3.55. The Hall–Kier alpha value is -3.46. The van der Waals surface area contributed by atoms with Gasteiger partial charge in [0.05, 0.1) is 29.9 Å². The third kappa shape index (κ3) is 6.32. The summed E-state index contributed by atoms with van der Waals surface area (Å²) in [5.74, 6) is 2.29. The van der Waals surface area contributed by atoms with Crippen LogP contribution in [0.15, 0.2) is 47.1 Å². The largest absolute Gasteiger partial charge is 0.493 e. The summed E-state index contributed by atoms with van der Waals surface area (Å²) < 4.78 is 25.9. The quantitative estimate of drug-likeness (QED) is 0.386. The molecule has 2 aromatic heterocycles. The van der Waals surface area contributed by atoms with E-state index in [0.29, 0.717) is 31.1 Å². The number of amides is 1.